The number of aromatic nitrogens is 3. The number of hydrogen-bond acceptors (Lipinski definition) is 4. The molecule has 0 saturated carbocycles. The van der Waals surface area contributed by atoms with Crippen LogP contribution in [-0.4, -0.2) is 32.0 Å². The van der Waals surface area contributed by atoms with Crippen molar-refractivity contribution in [2.75, 3.05) is 6.54 Å². The molecule has 2 aromatic rings. The van der Waals surface area contributed by atoms with Crippen molar-refractivity contribution < 1.29 is 4.42 Å². The molecule has 3 rings (SSSR count). The summed E-state index contributed by atoms with van der Waals surface area (Å²) in [6.45, 7) is 9.02. The lowest BCUT2D eigenvalue weighted by molar-refractivity contribution is 0.220. The summed E-state index contributed by atoms with van der Waals surface area (Å²) >= 11 is 0. The predicted octanol–water partition coefficient (Wildman–Crippen LogP) is 2.46. The molecule has 2 aromatic heterocycles. The summed E-state index contributed by atoms with van der Waals surface area (Å²) in [4.78, 5) is 11.3. The molecule has 108 valence electrons. The van der Waals surface area contributed by atoms with E-state index < -0.39 is 0 Å². The first kappa shape index (κ1) is 13.4. The van der Waals surface area contributed by atoms with Gasteiger partial charge in [-0.3, -0.25) is 4.90 Å². The van der Waals surface area contributed by atoms with Gasteiger partial charge in [-0.1, -0.05) is 0 Å². The van der Waals surface area contributed by atoms with E-state index in [0.717, 1.165) is 42.8 Å². The van der Waals surface area contributed by atoms with E-state index in [-0.39, 0.29) is 0 Å². The van der Waals surface area contributed by atoms with Crippen LogP contribution in [0.4, 0.5) is 0 Å². The third-order valence-corrected chi connectivity index (χ3v) is 4.18. The molecule has 1 aliphatic heterocycles. The fourth-order valence-electron chi connectivity index (χ4n) is 3.04. The van der Waals surface area contributed by atoms with Gasteiger partial charge < -0.3 is 8.98 Å². The molecule has 0 aromatic carbocycles. The second kappa shape index (κ2) is 5.40. The van der Waals surface area contributed by atoms with Gasteiger partial charge in [0.25, 0.3) is 0 Å². The third-order valence-electron chi connectivity index (χ3n) is 4.18. The van der Waals surface area contributed by atoms with Gasteiger partial charge in [-0.2, -0.15) is 0 Å². The van der Waals surface area contributed by atoms with Gasteiger partial charge in [-0.25, -0.2) is 9.97 Å². The van der Waals surface area contributed by atoms with E-state index >= 15 is 0 Å². The first-order chi connectivity index (χ1) is 9.63. The van der Waals surface area contributed by atoms with E-state index in [1.165, 1.54) is 12.8 Å². The highest BCUT2D eigenvalue weighted by Gasteiger charge is 2.26. The largest absolute Gasteiger partial charge is 0.446 e. The number of hydrogen-bond donors (Lipinski definition) is 0. The van der Waals surface area contributed by atoms with Crippen LogP contribution in [0.1, 0.15) is 36.0 Å². The SMILES string of the molecule is Cc1nc(CN2CCCC2Cn2ccnc2C)c(C)o1. The molecule has 0 amide bonds. The Labute approximate surface area is 119 Å². The zero-order valence-corrected chi connectivity index (χ0v) is 12.5. The molecule has 20 heavy (non-hydrogen) atoms. The van der Waals surface area contributed by atoms with Crippen molar-refractivity contribution in [3.63, 3.8) is 0 Å². The maximum absolute atomic E-state index is 5.53. The number of rotatable bonds is 4. The predicted molar refractivity (Wildman–Crippen MR) is 76.4 cm³/mol. The molecule has 0 radical (unpaired) electrons. The van der Waals surface area contributed by atoms with E-state index in [9.17, 15) is 0 Å². The van der Waals surface area contributed by atoms with Crippen LogP contribution in [0.25, 0.3) is 0 Å². The molecule has 0 bridgehead atoms. The zero-order chi connectivity index (χ0) is 14.1. The monoisotopic (exact) mass is 274 g/mol. The number of nitrogens with zero attached hydrogens (tertiary/aromatic N) is 4. The Morgan fingerprint density at radius 3 is 2.85 bits per heavy atom. The molecule has 3 heterocycles. The van der Waals surface area contributed by atoms with Gasteiger partial charge in [0.1, 0.15) is 11.6 Å². The smallest absolute Gasteiger partial charge is 0.191 e. The standard InChI is InChI=1S/C15H22N4O/c1-11-15(17-13(3)20-11)10-19-7-4-5-14(19)9-18-8-6-16-12(18)2/h6,8,14H,4-5,7,9-10H2,1-3H3. The van der Waals surface area contributed by atoms with Crippen molar-refractivity contribution in [1.82, 2.24) is 19.4 Å². The van der Waals surface area contributed by atoms with E-state index in [4.69, 9.17) is 4.42 Å². The van der Waals surface area contributed by atoms with Crippen molar-refractivity contribution >= 4 is 0 Å². The van der Waals surface area contributed by atoms with Gasteiger partial charge in [0, 0.05) is 38.4 Å². The highest BCUT2D eigenvalue weighted by atomic mass is 16.4. The molecular formula is C15H22N4O. The Balaban J connectivity index is 1.69. The van der Waals surface area contributed by atoms with Crippen molar-refractivity contribution in [3.05, 3.63) is 35.6 Å². The van der Waals surface area contributed by atoms with Crippen LogP contribution >= 0.6 is 0 Å². The second-order valence-corrected chi connectivity index (χ2v) is 5.63. The molecule has 5 heteroatoms. The lowest BCUT2D eigenvalue weighted by atomic mass is 10.2. The molecule has 5 nitrogen and oxygen atoms in total. The number of aryl methyl sites for hydroxylation is 3. The Hall–Kier alpha value is -1.62. The number of imidazole rings is 1. The van der Waals surface area contributed by atoms with Crippen LogP contribution in [0.3, 0.4) is 0 Å². The summed E-state index contributed by atoms with van der Waals surface area (Å²) in [6, 6.07) is 0.569. The first-order valence-corrected chi connectivity index (χ1v) is 7.28. The molecular weight excluding hydrogens is 252 g/mol. The van der Waals surface area contributed by atoms with Crippen LogP contribution in [0, 0.1) is 20.8 Å². The molecule has 1 saturated heterocycles. The molecule has 0 aliphatic carbocycles. The third kappa shape index (κ3) is 2.63. The molecule has 1 fully saturated rings. The fraction of sp³-hybridized carbons (Fsp3) is 0.600. The number of likely N-dealkylation sites (tertiary alicyclic amines) is 1. The minimum atomic E-state index is 0.569. The normalized spacial score (nSPS) is 19.9. The Morgan fingerprint density at radius 1 is 1.35 bits per heavy atom. The van der Waals surface area contributed by atoms with E-state index in [1.54, 1.807) is 0 Å². The van der Waals surface area contributed by atoms with Crippen LogP contribution < -0.4 is 0 Å². The topological polar surface area (TPSA) is 47.1 Å². The Bertz CT molecular complexity index is 586. The minimum absolute atomic E-state index is 0.569. The Morgan fingerprint density at radius 2 is 2.20 bits per heavy atom. The molecule has 1 aliphatic rings. The van der Waals surface area contributed by atoms with Gasteiger partial charge >= 0.3 is 0 Å². The van der Waals surface area contributed by atoms with Crippen molar-refractivity contribution in [2.45, 2.75) is 52.7 Å². The highest BCUT2D eigenvalue weighted by Crippen LogP contribution is 2.23. The summed E-state index contributed by atoms with van der Waals surface area (Å²) in [5, 5.41) is 0. The maximum atomic E-state index is 5.53. The van der Waals surface area contributed by atoms with Crippen LogP contribution in [0.2, 0.25) is 0 Å². The van der Waals surface area contributed by atoms with Crippen LogP contribution in [0.5, 0.6) is 0 Å². The molecule has 0 spiro atoms. The second-order valence-electron chi connectivity index (χ2n) is 5.63. The van der Waals surface area contributed by atoms with Crippen molar-refractivity contribution in [3.8, 4) is 0 Å². The fourth-order valence-corrected chi connectivity index (χ4v) is 3.04. The molecule has 1 atom stereocenters. The van der Waals surface area contributed by atoms with Gasteiger partial charge in [-0.15, -0.1) is 0 Å². The lowest BCUT2D eigenvalue weighted by Crippen LogP contribution is -2.33. The summed E-state index contributed by atoms with van der Waals surface area (Å²) in [5.41, 5.74) is 1.08. The Kier molecular flexibility index (Phi) is 3.61. The molecule has 1 unspecified atom stereocenters. The molecule has 0 N–H and O–H groups in total. The number of oxazole rings is 1. The average molecular weight is 274 g/mol. The quantitative estimate of drug-likeness (QED) is 0.859. The van der Waals surface area contributed by atoms with Gasteiger partial charge in [0.2, 0.25) is 0 Å². The van der Waals surface area contributed by atoms with Crippen molar-refractivity contribution in [2.24, 2.45) is 0 Å². The van der Waals surface area contributed by atoms with E-state index in [2.05, 4.69) is 32.6 Å². The van der Waals surface area contributed by atoms with Gasteiger partial charge in [0.15, 0.2) is 5.89 Å². The minimum Gasteiger partial charge on any atom is -0.446 e. The highest BCUT2D eigenvalue weighted by molar-refractivity contribution is 5.08. The first-order valence-electron chi connectivity index (χ1n) is 7.28. The van der Waals surface area contributed by atoms with Gasteiger partial charge in [-0.05, 0) is 33.2 Å². The lowest BCUT2D eigenvalue weighted by Gasteiger charge is -2.24. The average Bonchev–Trinajstić information content (AvgIpc) is 3.06. The van der Waals surface area contributed by atoms with Gasteiger partial charge in [0.05, 0.1) is 5.69 Å². The zero-order valence-electron chi connectivity index (χ0n) is 12.5. The van der Waals surface area contributed by atoms with Crippen LogP contribution in [0.15, 0.2) is 16.8 Å². The summed E-state index contributed by atoms with van der Waals surface area (Å²) < 4.78 is 7.77. The summed E-state index contributed by atoms with van der Waals surface area (Å²) in [6.07, 6.45) is 6.44. The maximum Gasteiger partial charge on any atom is 0.191 e. The summed E-state index contributed by atoms with van der Waals surface area (Å²) in [5.74, 6) is 2.80. The summed E-state index contributed by atoms with van der Waals surface area (Å²) in [7, 11) is 0. The van der Waals surface area contributed by atoms with E-state index in [1.807, 2.05) is 20.0 Å². The van der Waals surface area contributed by atoms with E-state index in [0.29, 0.717) is 6.04 Å². The van der Waals surface area contributed by atoms with Crippen molar-refractivity contribution in [1.29, 1.82) is 0 Å². The van der Waals surface area contributed by atoms with Crippen LogP contribution in [-0.2, 0) is 13.1 Å².